The minimum atomic E-state index is -0.184. The van der Waals surface area contributed by atoms with E-state index in [1.165, 1.54) is 142 Å². The molecule has 0 aliphatic carbocycles. The van der Waals surface area contributed by atoms with Crippen molar-refractivity contribution in [2.45, 2.75) is 207 Å². The van der Waals surface area contributed by atoms with E-state index >= 15 is 0 Å². The van der Waals surface area contributed by atoms with Crippen LogP contribution < -0.4 is 0 Å². The highest BCUT2D eigenvalue weighted by molar-refractivity contribution is 5.80. The Morgan fingerprint density at radius 1 is 0.433 bits per heavy atom. The molecule has 60 heavy (non-hydrogen) atoms. The van der Waals surface area contributed by atoms with Gasteiger partial charge in [0, 0.05) is 52.1 Å². The molecule has 0 aromatic rings. The van der Waals surface area contributed by atoms with E-state index in [9.17, 15) is 19.2 Å². The zero-order chi connectivity index (χ0) is 43.7. The fourth-order valence-electron chi connectivity index (χ4n) is 8.28. The van der Waals surface area contributed by atoms with Gasteiger partial charge in [0.25, 0.3) is 0 Å². The van der Waals surface area contributed by atoms with E-state index in [-0.39, 0.29) is 24.3 Å². The van der Waals surface area contributed by atoms with Crippen LogP contribution in [-0.4, -0.2) is 140 Å². The summed E-state index contributed by atoms with van der Waals surface area (Å²) in [5.74, 6) is 0.0575. The largest absolute Gasteiger partial charge is 0.466 e. The van der Waals surface area contributed by atoms with Crippen LogP contribution in [0.15, 0.2) is 0 Å². The Bertz CT molecular complexity index is 1000. The Morgan fingerprint density at radius 2 is 0.783 bits per heavy atom. The lowest BCUT2D eigenvalue weighted by atomic mass is 10.1. The van der Waals surface area contributed by atoms with Gasteiger partial charge in [-0.2, -0.15) is 0 Å². The van der Waals surface area contributed by atoms with Crippen LogP contribution in [0, 0.1) is 0 Å². The van der Waals surface area contributed by atoms with E-state index in [1.54, 1.807) is 0 Å². The zero-order valence-electron chi connectivity index (χ0n) is 40.1. The van der Waals surface area contributed by atoms with Crippen molar-refractivity contribution in [2.24, 2.45) is 0 Å². The van der Waals surface area contributed by atoms with E-state index in [4.69, 9.17) is 4.74 Å². The van der Waals surface area contributed by atoms with Gasteiger partial charge in [-0.25, -0.2) is 0 Å². The lowest BCUT2D eigenvalue weighted by Crippen LogP contribution is -2.54. The molecule has 1 fully saturated rings. The number of carbonyl (C=O) groups is 4. The molecule has 0 spiro atoms. The van der Waals surface area contributed by atoms with Crippen LogP contribution in [0.25, 0.3) is 0 Å². The maximum absolute atomic E-state index is 13.9. The first-order chi connectivity index (χ1) is 29.4. The van der Waals surface area contributed by atoms with Crippen molar-refractivity contribution in [1.29, 1.82) is 0 Å². The second kappa shape index (κ2) is 41.0. The maximum atomic E-state index is 13.9. The number of ether oxygens (including phenoxy) is 1. The van der Waals surface area contributed by atoms with E-state index in [0.717, 1.165) is 51.6 Å². The molecule has 0 unspecified atom stereocenters. The van der Waals surface area contributed by atoms with Crippen LogP contribution >= 0.6 is 0 Å². The first-order valence-electron chi connectivity index (χ1n) is 25.7. The highest BCUT2D eigenvalue weighted by atomic mass is 16.5. The number of amides is 2. The Hall–Kier alpha value is -2.04. The molecule has 1 rings (SSSR count). The van der Waals surface area contributed by atoms with E-state index in [0.29, 0.717) is 78.1 Å². The molecule has 10 nitrogen and oxygen atoms in total. The first kappa shape index (κ1) is 56.0. The monoisotopic (exact) mass is 848 g/mol. The number of unbranched alkanes of at least 4 members (excludes halogenated alkanes) is 21. The van der Waals surface area contributed by atoms with Gasteiger partial charge in [-0.3, -0.25) is 24.2 Å². The van der Waals surface area contributed by atoms with Gasteiger partial charge in [0.1, 0.15) is 6.29 Å². The lowest BCUT2D eigenvalue weighted by Gasteiger charge is -2.37. The van der Waals surface area contributed by atoms with Crippen LogP contribution in [0.2, 0.25) is 0 Å². The van der Waals surface area contributed by atoms with Gasteiger partial charge in [0.05, 0.1) is 19.7 Å². The molecule has 0 bridgehead atoms. The predicted octanol–water partition coefficient (Wildman–Crippen LogP) is 10.3. The SMILES string of the molecule is CCCCCCCCCN(CCCCCCCCC)CCN(CCCCCCCCC)CC(=O)N1CCN(C(=O)CN(CCCC=O)CCCC(=O)OCCCCC)CC1. The molecule has 10 heteroatoms. The summed E-state index contributed by atoms with van der Waals surface area (Å²) in [6.45, 7) is 18.9. The summed E-state index contributed by atoms with van der Waals surface area (Å²) in [5, 5.41) is 0. The average Bonchev–Trinajstić information content (AvgIpc) is 3.25. The number of nitrogens with zero attached hydrogens (tertiary/aromatic N) is 5. The van der Waals surface area contributed by atoms with Gasteiger partial charge >= 0.3 is 5.97 Å². The van der Waals surface area contributed by atoms with Gasteiger partial charge in [0.15, 0.2) is 0 Å². The molecule has 0 radical (unpaired) electrons. The van der Waals surface area contributed by atoms with Crippen LogP contribution in [-0.2, 0) is 23.9 Å². The maximum Gasteiger partial charge on any atom is 0.305 e. The minimum absolute atomic E-state index is 0.0536. The second-order valence-corrected chi connectivity index (χ2v) is 17.9. The number of carbonyl (C=O) groups excluding carboxylic acids is 4. The van der Waals surface area contributed by atoms with E-state index < -0.39 is 0 Å². The Morgan fingerprint density at radius 3 is 1.23 bits per heavy atom. The molecular formula is C50H97N5O5. The molecule has 1 saturated heterocycles. The zero-order valence-corrected chi connectivity index (χ0v) is 40.1. The Balaban J connectivity index is 2.76. The number of aldehydes is 1. The summed E-state index contributed by atoms with van der Waals surface area (Å²) in [4.78, 5) is 61.6. The highest BCUT2D eigenvalue weighted by Gasteiger charge is 2.26. The summed E-state index contributed by atoms with van der Waals surface area (Å²) < 4.78 is 5.36. The number of piperazine rings is 1. The number of rotatable bonds is 43. The summed E-state index contributed by atoms with van der Waals surface area (Å²) >= 11 is 0. The smallest absolute Gasteiger partial charge is 0.305 e. The summed E-state index contributed by atoms with van der Waals surface area (Å²) in [6.07, 6.45) is 33.6. The lowest BCUT2D eigenvalue weighted by molar-refractivity contribution is -0.144. The summed E-state index contributed by atoms with van der Waals surface area (Å²) in [6, 6.07) is 0. The van der Waals surface area contributed by atoms with E-state index in [1.807, 2.05) is 9.80 Å². The molecule has 1 aliphatic rings. The third-order valence-corrected chi connectivity index (χ3v) is 12.3. The summed E-state index contributed by atoms with van der Waals surface area (Å²) in [7, 11) is 0. The molecular weight excluding hydrogens is 751 g/mol. The molecule has 352 valence electrons. The third-order valence-electron chi connectivity index (χ3n) is 12.3. The van der Waals surface area contributed by atoms with Crippen molar-refractivity contribution in [3.63, 3.8) is 0 Å². The Labute approximate surface area is 370 Å². The third kappa shape index (κ3) is 31.8. The normalized spacial score (nSPS) is 13.2. The Kier molecular flexibility index (Phi) is 38.2. The molecule has 2 amide bonds. The van der Waals surface area contributed by atoms with Gasteiger partial charge in [-0.1, -0.05) is 156 Å². The molecule has 0 atom stereocenters. The molecule has 1 heterocycles. The molecule has 1 aliphatic heterocycles. The molecule has 0 N–H and O–H groups in total. The van der Waals surface area contributed by atoms with Gasteiger partial charge < -0.3 is 24.2 Å². The fraction of sp³-hybridized carbons (Fsp3) is 0.920. The van der Waals surface area contributed by atoms with Crippen molar-refractivity contribution >= 4 is 24.1 Å². The van der Waals surface area contributed by atoms with Crippen LogP contribution in [0.5, 0.6) is 0 Å². The molecule has 0 aromatic heterocycles. The topological polar surface area (TPSA) is 93.7 Å². The van der Waals surface area contributed by atoms with Crippen molar-refractivity contribution in [3.8, 4) is 0 Å². The van der Waals surface area contributed by atoms with Crippen molar-refractivity contribution in [3.05, 3.63) is 0 Å². The van der Waals surface area contributed by atoms with Gasteiger partial charge in [-0.15, -0.1) is 0 Å². The minimum Gasteiger partial charge on any atom is -0.466 e. The molecule has 0 saturated carbocycles. The predicted molar refractivity (Wildman–Crippen MR) is 251 cm³/mol. The van der Waals surface area contributed by atoms with Gasteiger partial charge in [-0.05, 0) is 71.2 Å². The fourth-order valence-corrected chi connectivity index (χ4v) is 8.28. The standard InChI is InChI=1S/C50H97N5O5/c1-5-9-13-16-19-22-25-33-51(34-26-23-20-17-14-10-6-2)38-39-53(35-27-24-21-18-15-11-7-3)47-49(58)55-42-40-54(41-43-55)48(57)46-52(36-28-29-44-56)37-31-32-50(59)60-45-30-12-8-4/h44H,5-43,45-47H2,1-4H3. The van der Waals surface area contributed by atoms with Gasteiger partial charge in [0.2, 0.25) is 11.8 Å². The van der Waals surface area contributed by atoms with Crippen LogP contribution in [0.4, 0.5) is 0 Å². The second-order valence-electron chi connectivity index (χ2n) is 17.9. The number of esters is 1. The number of hydrogen-bond acceptors (Lipinski definition) is 8. The quantitative estimate of drug-likeness (QED) is 0.0340. The summed E-state index contributed by atoms with van der Waals surface area (Å²) in [5.41, 5.74) is 0. The van der Waals surface area contributed by atoms with Crippen molar-refractivity contribution in [2.75, 3.05) is 91.7 Å². The van der Waals surface area contributed by atoms with Crippen molar-refractivity contribution < 1.29 is 23.9 Å². The average molecular weight is 848 g/mol. The first-order valence-corrected chi connectivity index (χ1v) is 25.7. The van der Waals surface area contributed by atoms with E-state index in [2.05, 4.69) is 42.4 Å². The number of hydrogen-bond donors (Lipinski definition) is 0. The van der Waals surface area contributed by atoms with Crippen LogP contribution in [0.3, 0.4) is 0 Å². The molecule has 0 aromatic carbocycles. The highest BCUT2D eigenvalue weighted by Crippen LogP contribution is 2.13. The van der Waals surface area contributed by atoms with Crippen molar-refractivity contribution in [1.82, 2.24) is 24.5 Å². The van der Waals surface area contributed by atoms with Crippen LogP contribution in [0.1, 0.15) is 207 Å².